The highest BCUT2D eigenvalue weighted by Crippen LogP contribution is 2.36. The molecule has 3 rings (SSSR count). The molecule has 0 saturated carbocycles. The number of aromatic nitrogens is 2. The van der Waals surface area contributed by atoms with Crippen molar-refractivity contribution in [2.45, 2.75) is 19.3 Å². The monoisotopic (exact) mass is 255 g/mol. The van der Waals surface area contributed by atoms with E-state index in [-0.39, 0.29) is 5.92 Å². The SMILES string of the molecule is Cc1cc(CCN)nc(C2COc3ccccc32)n1. The van der Waals surface area contributed by atoms with E-state index in [9.17, 15) is 0 Å². The molecule has 98 valence electrons. The zero-order valence-corrected chi connectivity index (χ0v) is 11.0. The van der Waals surface area contributed by atoms with Gasteiger partial charge in [-0.2, -0.15) is 0 Å². The zero-order valence-electron chi connectivity index (χ0n) is 11.0. The molecule has 19 heavy (non-hydrogen) atoms. The number of hydrogen-bond donors (Lipinski definition) is 1. The maximum atomic E-state index is 5.70. The van der Waals surface area contributed by atoms with Crippen LogP contribution in [-0.2, 0) is 6.42 Å². The van der Waals surface area contributed by atoms with Gasteiger partial charge in [-0.15, -0.1) is 0 Å². The third kappa shape index (κ3) is 2.31. The Kier molecular flexibility index (Phi) is 3.17. The van der Waals surface area contributed by atoms with Crippen LogP contribution < -0.4 is 10.5 Å². The Balaban J connectivity index is 1.99. The Morgan fingerprint density at radius 3 is 3.00 bits per heavy atom. The summed E-state index contributed by atoms with van der Waals surface area (Å²) >= 11 is 0. The van der Waals surface area contributed by atoms with Crippen LogP contribution in [0.3, 0.4) is 0 Å². The van der Waals surface area contributed by atoms with Gasteiger partial charge in [-0.1, -0.05) is 18.2 Å². The summed E-state index contributed by atoms with van der Waals surface area (Å²) in [7, 11) is 0. The first kappa shape index (κ1) is 12.1. The van der Waals surface area contributed by atoms with Crippen molar-refractivity contribution < 1.29 is 4.74 Å². The van der Waals surface area contributed by atoms with Gasteiger partial charge >= 0.3 is 0 Å². The van der Waals surface area contributed by atoms with Crippen LogP contribution in [-0.4, -0.2) is 23.1 Å². The van der Waals surface area contributed by atoms with E-state index in [1.54, 1.807) is 0 Å². The molecular formula is C15H17N3O. The van der Waals surface area contributed by atoms with Crippen LogP contribution in [0.15, 0.2) is 30.3 Å². The number of benzene rings is 1. The normalized spacial score (nSPS) is 17.1. The zero-order chi connectivity index (χ0) is 13.2. The molecule has 0 radical (unpaired) electrons. The van der Waals surface area contributed by atoms with Crippen molar-refractivity contribution in [1.29, 1.82) is 0 Å². The highest BCUT2D eigenvalue weighted by atomic mass is 16.5. The summed E-state index contributed by atoms with van der Waals surface area (Å²) in [5, 5.41) is 0. The van der Waals surface area contributed by atoms with Crippen molar-refractivity contribution in [3.05, 3.63) is 53.1 Å². The van der Waals surface area contributed by atoms with E-state index in [4.69, 9.17) is 10.5 Å². The second kappa shape index (κ2) is 4.97. The van der Waals surface area contributed by atoms with Crippen LogP contribution >= 0.6 is 0 Å². The molecule has 2 aromatic rings. The number of aryl methyl sites for hydroxylation is 1. The fraction of sp³-hybridized carbons (Fsp3) is 0.333. The molecule has 1 aromatic heterocycles. The van der Waals surface area contributed by atoms with Crippen LogP contribution in [0, 0.1) is 6.92 Å². The lowest BCUT2D eigenvalue weighted by Crippen LogP contribution is -2.12. The molecule has 1 aliphatic heterocycles. The van der Waals surface area contributed by atoms with Crippen LogP contribution in [0.5, 0.6) is 5.75 Å². The molecule has 1 aliphatic rings. The predicted octanol–water partition coefficient (Wildman–Crippen LogP) is 1.81. The molecule has 0 aliphatic carbocycles. The van der Waals surface area contributed by atoms with Gasteiger partial charge in [-0.05, 0) is 25.6 Å². The minimum Gasteiger partial charge on any atom is -0.492 e. The number of nitrogens with zero attached hydrogens (tertiary/aromatic N) is 2. The molecule has 1 unspecified atom stereocenters. The third-order valence-electron chi connectivity index (χ3n) is 3.34. The molecule has 0 amide bonds. The first-order valence-corrected chi connectivity index (χ1v) is 6.54. The topological polar surface area (TPSA) is 61.0 Å². The van der Waals surface area contributed by atoms with Crippen molar-refractivity contribution in [2.75, 3.05) is 13.2 Å². The van der Waals surface area contributed by atoms with E-state index in [0.29, 0.717) is 13.2 Å². The molecule has 2 N–H and O–H groups in total. The second-order valence-corrected chi connectivity index (χ2v) is 4.80. The number of para-hydroxylation sites is 1. The second-order valence-electron chi connectivity index (χ2n) is 4.80. The highest BCUT2D eigenvalue weighted by molar-refractivity contribution is 5.42. The number of nitrogens with two attached hydrogens (primary N) is 1. The molecule has 4 heteroatoms. The summed E-state index contributed by atoms with van der Waals surface area (Å²) < 4.78 is 5.70. The number of hydrogen-bond acceptors (Lipinski definition) is 4. The van der Waals surface area contributed by atoms with Gasteiger partial charge in [-0.25, -0.2) is 9.97 Å². The summed E-state index contributed by atoms with van der Waals surface area (Å²) in [4.78, 5) is 9.20. The fourth-order valence-corrected chi connectivity index (χ4v) is 2.47. The first-order chi connectivity index (χ1) is 9.28. The van der Waals surface area contributed by atoms with Crippen molar-refractivity contribution in [3.8, 4) is 5.75 Å². The fourth-order valence-electron chi connectivity index (χ4n) is 2.47. The van der Waals surface area contributed by atoms with Crippen molar-refractivity contribution in [3.63, 3.8) is 0 Å². The van der Waals surface area contributed by atoms with Crippen LogP contribution in [0.25, 0.3) is 0 Å². The van der Waals surface area contributed by atoms with Crippen molar-refractivity contribution in [2.24, 2.45) is 5.73 Å². The van der Waals surface area contributed by atoms with Gasteiger partial charge in [0.05, 0.1) is 5.92 Å². The van der Waals surface area contributed by atoms with Gasteiger partial charge in [0.15, 0.2) is 0 Å². The Bertz CT molecular complexity index is 598. The standard InChI is InChI=1S/C15H17N3O/c1-10-8-11(6-7-16)18-15(17-10)13-9-19-14-5-3-2-4-12(13)14/h2-5,8,13H,6-7,9,16H2,1H3. The molecule has 0 spiro atoms. The quantitative estimate of drug-likeness (QED) is 0.908. The van der Waals surface area contributed by atoms with E-state index >= 15 is 0 Å². The summed E-state index contributed by atoms with van der Waals surface area (Å²) in [6.45, 7) is 3.21. The lowest BCUT2D eigenvalue weighted by Gasteiger charge is -2.10. The summed E-state index contributed by atoms with van der Waals surface area (Å²) in [6, 6.07) is 10.1. The molecule has 2 heterocycles. The minimum atomic E-state index is 0.132. The average molecular weight is 255 g/mol. The first-order valence-electron chi connectivity index (χ1n) is 6.54. The van der Waals surface area contributed by atoms with Gasteiger partial charge in [0.25, 0.3) is 0 Å². The van der Waals surface area contributed by atoms with Crippen molar-refractivity contribution >= 4 is 0 Å². The lowest BCUT2D eigenvalue weighted by atomic mass is 10.0. The molecule has 1 atom stereocenters. The molecule has 1 aromatic carbocycles. The van der Waals surface area contributed by atoms with Crippen LogP contribution in [0.1, 0.15) is 28.7 Å². The Morgan fingerprint density at radius 2 is 2.16 bits per heavy atom. The Hall–Kier alpha value is -1.94. The summed E-state index contributed by atoms with van der Waals surface area (Å²) in [5.74, 6) is 1.92. The third-order valence-corrected chi connectivity index (χ3v) is 3.34. The molecule has 4 nitrogen and oxygen atoms in total. The van der Waals surface area contributed by atoms with Gasteiger partial charge in [-0.3, -0.25) is 0 Å². The van der Waals surface area contributed by atoms with E-state index in [2.05, 4.69) is 16.0 Å². The number of ether oxygens (including phenoxy) is 1. The Labute approximate surface area is 112 Å². The number of rotatable bonds is 3. The smallest absolute Gasteiger partial charge is 0.139 e. The van der Waals surface area contributed by atoms with E-state index < -0.39 is 0 Å². The van der Waals surface area contributed by atoms with Gasteiger partial charge in [0.1, 0.15) is 18.2 Å². The van der Waals surface area contributed by atoms with Crippen LogP contribution in [0.2, 0.25) is 0 Å². The maximum Gasteiger partial charge on any atom is 0.139 e. The van der Waals surface area contributed by atoms with Gasteiger partial charge in [0.2, 0.25) is 0 Å². The largest absolute Gasteiger partial charge is 0.492 e. The molecule has 0 bridgehead atoms. The Morgan fingerprint density at radius 1 is 1.32 bits per heavy atom. The van der Waals surface area contributed by atoms with Gasteiger partial charge < -0.3 is 10.5 Å². The number of fused-ring (bicyclic) bond motifs is 1. The lowest BCUT2D eigenvalue weighted by molar-refractivity contribution is 0.339. The van der Waals surface area contributed by atoms with E-state index in [1.807, 2.05) is 31.2 Å². The molecule has 0 saturated heterocycles. The average Bonchev–Trinajstić information content (AvgIpc) is 2.82. The maximum absolute atomic E-state index is 5.70. The minimum absolute atomic E-state index is 0.132. The highest BCUT2D eigenvalue weighted by Gasteiger charge is 2.27. The van der Waals surface area contributed by atoms with E-state index in [1.165, 1.54) is 5.56 Å². The van der Waals surface area contributed by atoms with Gasteiger partial charge in [0, 0.05) is 23.4 Å². The predicted molar refractivity (Wildman–Crippen MR) is 73.3 cm³/mol. The van der Waals surface area contributed by atoms with Crippen molar-refractivity contribution in [1.82, 2.24) is 9.97 Å². The summed E-state index contributed by atoms with van der Waals surface area (Å²) in [5.41, 5.74) is 8.77. The van der Waals surface area contributed by atoms with E-state index in [0.717, 1.165) is 29.4 Å². The van der Waals surface area contributed by atoms with Crippen LogP contribution in [0.4, 0.5) is 0 Å². The molecular weight excluding hydrogens is 238 g/mol. The molecule has 0 fully saturated rings. The summed E-state index contributed by atoms with van der Waals surface area (Å²) in [6.07, 6.45) is 0.783.